The van der Waals surface area contributed by atoms with E-state index in [1.165, 1.54) is 9.13 Å². The molecule has 4 heterocycles. The van der Waals surface area contributed by atoms with Gasteiger partial charge in [-0.15, -0.1) is 0 Å². The topological polar surface area (TPSA) is 104 Å². The molecule has 0 saturated heterocycles. The van der Waals surface area contributed by atoms with Crippen LogP contribution in [0.25, 0.3) is 109 Å². The number of fused-ring (bicyclic) bond motifs is 1. The monoisotopic (exact) mass is 888 g/mol. The number of para-hydroxylation sites is 2. The predicted molar refractivity (Wildman–Crippen MR) is 280 cm³/mol. The summed E-state index contributed by atoms with van der Waals surface area (Å²) in [6.07, 6.45) is 1.77. The largest absolute Gasteiger partial charge is 0.268 e. The molecular weight excluding hydrogens is 841 g/mol. The molecule has 0 unspecified atom stereocenters. The molecule has 0 aliphatic carbocycles. The molecule has 12 aromatic rings. The van der Waals surface area contributed by atoms with Gasteiger partial charge in [0.2, 0.25) is 0 Å². The smallest absolute Gasteiger partial charge is 0.266 e. The number of benzene rings is 8. The molecule has 4 aromatic heterocycles. The van der Waals surface area contributed by atoms with E-state index in [0.29, 0.717) is 54.9 Å². The number of rotatable bonds is 8. The van der Waals surface area contributed by atoms with Gasteiger partial charge in [0.05, 0.1) is 33.7 Å². The highest BCUT2D eigenvalue weighted by Crippen LogP contribution is 2.50. The van der Waals surface area contributed by atoms with E-state index in [-0.39, 0.29) is 40.3 Å². The lowest BCUT2D eigenvalue weighted by Gasteiger charge is -2.24. The number of hydrogen-bond donors (Lipinski definition) is 0. The Kier molecular flexibility index (Phi) is 9.07. The van der Waals surface area contributed by atoms with Crippen molar-refractivity contribution in [3.63, 3.8) is 0 Å². The Bertz CT molecular complexity index is 4250. The number of hydrogen-bond acceptors (Lipinski definition) is 6. The summed E-state index contributed by atoms with van der Waals surface area (Å²) >= 11 is 0. The Balaban J connectivity index is 1.30. The minimum absolute atomic E-state index is 0.0393. The molecular formula is C60H48N4O4. The van der Waals surface area contributed by atoms with Crippen molar-refractivity contribution in [1.29, 1.82) is 0 Å². The van der Waals surface area contributed by atoms with Crippen LogP contribution in [0.5, 0.6) is 0 Å². The van der Waals surface area contributed by atoms with Crippen LogP contribution in [0, 0.1) is 0 Å². The fourth-order valence-electron chi connectivity index (χ4n) is 11.4. The maximum absolute atomic E-state index is 15.6. The first-order valence-electron chi connectivity index (χ1n) is 23.7. The van der Waals surface area contributed by atoms with Crippen LogP contribution in [0.3, 0.4) is 0 Å². The molecule has 8 aromatic carbocycles. The highest BCUT2D eigenvalue weighted by molar-refractivity contribution is 6.45. The number of pyridine rings is 4. The zero-order valence-electron chi connectivity index (χ0n) is 39.3. The van der Waals surface area contributed by atoms with Crippen LogP contribution in [-0.4, -0.2) is 19.1 Å². The molecule has 0 fully saturated rings. The first kappa shape index (κ1) is 41.6. The van der Waals surface area contributed by atoms with Gasteiger partial charge in [-0.2, -0.15) is 0 Å². The Morgan fingerprint density at radius 2 is 0.824 bits per heavy atom. The van der Waals surface area contributed by atoms with Crippen LogP contribution >= 0.6 is 0 Å². The maximum Gasteiger partial charge on any atom is 0.266 e. The Morgan fingerprint density at radius 1 is 0.382 bits per heavy atom. The second-order valence-corrected chi connectivity index (χ2v) is 19.8. The molecule has 8 nitrogen and oxygen atoms in total. The van der Waals surface area contributed by atoms with Crippen molar-refractivity contribution in [1.82, 2.24) is 19.1 Å². The van der Waals surface area contributed by atoms with Gasteiger partial charge < -0.3 is 0 Å². The molecule has 0 aliphatic heterocycles. The van der Waals surface area contributed by atoms with Crippen LogP contribution in [0.4, 0.5) is 0 Å². The van der Waals surface area contributed by atoms with E-state index < -0.39 is 5.56 Å². The highest BCUT2D eigenvalue weighted by Gasteiger charge is 2.30. The van der Waals surface area contributed by atoms with E-state index in [1.54, 1.807) is 6.20 Å². The molecule has 0 atom stereocenters. The Morgan fingerprint density at radius 3 is 1.32 bits per heavy atom. The molecule has 68 heavy (non-hydrogen) atoms. The normalized spacial score (nSPS) is 12.6. The summed E-state index contributed by atoms with van der Waals surface area (Å²) in [7, 11) is 0. The van der Waals surface area contributed by atoms with Gasteiger partial charge in [0.1, 0.15) is 0 Å². The number of nitrogens with zero attached hydrogens (tertiary/aromatic N) is 4. The van der Waals surface area contributed by atoms with E-state index in [9.17, 15) is 0 Å². The standard InChI is InChI=1S/C60H48N4O4/c1-29(2)35-16-12-17-36(30(3)4)55(35)63-57(65)41-23-21-39-40-22-24-42-49-45(60(68)64(58(42)66)56-37(31(5)6)18-13-19-38(56)32(7)8)28-47-53(51(40)49)52-43(27-44(59(63)67)48(41)50(39)52)54(62-47)34-15-11-14-33(26-34)46-20-9-10-25-61-46/h9-32H,1-8H3. The fourth-order valence-corrected chi connectivity index (χ4v) is 11.4. The minimum Gasteiger partial charge on any atom is -0.268 e. The van der Waals surface area contributed by atoms with Crippen molar-refractivity contribution < 1.29 is 0 Å². The second-order valence-electron chi connectivity index (χ2n) is 19.8. The predicted octanol–water partition coefficient (Wildman–Crippen LogP) is 13.1. The first-order valence-corrected chi connectivity index (χ1v) is 23.7. The molecule has 0 bridgehead atoms. The third kappa shape index (κ3) is 5.60. The van der Waals surface area contributed by atoms with Crippen molar-refractivity contribution in [3.8, 4) is 33.9 Å². The summed E-state index contributed by atoms with van der Waals surface area (Å²) in [6.45, 7) is 16.7. The molecule has 0 saturated carbocycles. The van der Waals surface area contributed by atoms with Gasteiger partial charge in [0.15, 0.2) is 0 Å². The van der Waals surface area contributed by atoms with E-state index in [4.69, 9.17) is 4.98 Å². The second kappa shape index (κ2) is 14.8. The van der Waals surface area contributed by atoms with Gasteiger partial charge in [-0.05, 0) is 105 Å². The summed E-state index contributed by atoms with van der Waals surface area (Å²) in [6, 6.07) is 37.4. The van der Waals surface area contributed by atoms with Gasteiger partial charge in [-0.1, -0.05) is 128 Å². The molecule has 332 valence electrons. The zero-order chi connectivity index (χ0) is 47.2. The lowest BCUT2D eigenvalue weighted by atomic mass is 9.82. The van der Waals surface area contributed by atoms with Crippen LogP contribution < -0.4 is 22.2 Å². The van der Waals surface area contributed by atoms with Crippen LogP contribution in [0.15, 0.2) is 141 Å². The molecule has 0 N–H and O–H groups in total. The fraction of sp³-hybridized carbons (Fsp3) is 0.200. The minimum atomic E-state index is -0.396. The number of aromatic nitrogens is 4. The van der Waals surface area contributed by atoms with Crippen LogP contribution in [0.1, 0.15) is 101 Å². The van der Waals surface area contributed by atoms with Crippen molar-refractivity contribution in [2.45, 2.75) is 79.1 Å². The third-order valence-electron chi connectivity index (χ3n) is 14.5. The van der Waals surface area contributed by atoms with Crippen molar-refractivity contribution in [2.75, 3.05) is 0 Å². The summed E-state index contributed by atoms with van der Waals surface area (Å²) < 4.78 is 2.82. The molecule has 12 rings (SSSR count). The van der Waals surface area contributed by atoms with Crippen molar-refractivity contribution in [2.24, 2.45) is 0 Å². The van der Waals surface area contributed by atoms with E-state index in [2.05, 4.69) is 66.4 Å². The molecule has 8 heteroatoms. The summed E-state index contributed by atoms with van der Waals surface area (Å²) in [5, 5.41) is 8.41. The van der Waals surface area contributed by atoms with Crippen LogP contribution in [-0.2, 0) is 0 Å². The molecule has 0 radical (unpaired) electrons. The summed E-state index contributed by atoms with van der Waals surface area (Å²) in [5.74, 6) is 0.164. The molecule has 0 aliphatic rings. The van der Waals surface area contributed by atoms with Gasteiger partial charge in [0.25, 0.3) is 22.2 Å². The van der Waals surface area contributed by atoms with E-state index in [1.807, 2.05) is 109 Å². The van der Waals surface area contributed by atoms with Crippen molar-refractivity contribution in [3.05, 3.63) is 185 Å². The lowest BCUT2D eigenvalue weighted by molar-refractivity contribution is 0.792. The van der Waals surface area contributed by atoms with Crippen LogP contribution in [0.2, 0.25) is 0 Å². The van der Waals surface area contributed by atoms with Gasteiger partial charge in [-0.3, -0.25) is 24.2 Å². The average molecular weight is 889 g/mol. The van der Waals surface area contributed by atoms with E-state index >= 15 is 19.2 Å². The summed E-state index contributed by atoms with van der Waals surface area (Å²) in [4.78, 5) is 71.6. The maximum atomic E-state index is 15.6. The average Bonchev–Trinajstić information content (AvgIpc) is 3.34. The van der Waals surface area contributed by atoms with E-state index in [0.717, 1.165) is 76.8 Å². The zero-order valence-corrected chi connectivity index (χ0v) is 39.3. The first-order chi connectivity index (χ1) is 32.8. The van der Waals surface area contributed by atoms with Gasteiger partial charge >= 0.3 is 0 Å². The SMILES string of the molecule is CC(C)c1cccc(C(C)C)c1-n1c(=O)c2ccc3c4ccc5c(=O)n(-c6c(C(C)C)cccc6C(C)C)c(=O)c6cc7c(-c8cccc(-c9ccccn9)c8)nc8cc(c1=O)c2c3c8c7c4c56. The van der Waals surface area contributed by atoms with Gasteiger partial charge in [0, 0.05) is 65.8 Å². The lowest BCUT2D eigenvalue weighted by Crippen LogP contribution is -2.34. The van der Waals surface area contributed by atoms with Crippen molar-refractivity contribution >= 4 is 75.5 Å². The third-order valence-corrected chi connectivity index (χ3v) is 14.5. The highest BCUT2D eigenvalue weighted by atomic mass is 16.2. The Hall–Kier alpha value is -7.84. The molecule has 0 amide bonds. The van der Waals surface area contributed by atoms with Gasteiger partial charge in [-0.25, -0.2) is 14.1 Å². The Labute approximate surface area is 391 Å². The molecule has 0 spiro atoms. The summed E-state index contributed by atoms with van der Waals surface area (Å²) in [5.41, 5.74) is 7.15. The quantitative estimate of drug-likeness (QED) is 0.111.